The van der Waals surface area contributed by atoms with E-state index in [1.807, 2.05) is 0 Å². The van der Waals surface area contributed by atoms with Crippen molar-refractivity contribution < 1.29 is 27.9 Å². The number of nitrogens with zero attached hydrogens (tertiary/aromatic N) is 4. The number of alkyl halides is 3. The predicted octanol–water partition coefficient (Wildman–Crippen LogP) is 3.29. The van der Waals surface area contributed by atoms with E-state index in [-0.39, 0.29) is 10.7 Å². The van der Waals surface area contributed by atoms with Gasteiger partial charge in [-0.2, -0.15) is 18.3 Å². The van der Waals surface area contributed by atoms with Gasteiger partial charge in [0.05, 0.1) is 10.7 Å². The minimum absolute atomic E-state index is 0.0300. The molecule has 8 nitrogen and oxygen atoms in total. The Kier molecular flexibility index (Phi) is 5.01. The highest BCUT2D eigenvalue weighted by Gasteiger charge is 2.36. The summed E-state index contributed by atoms with van der Waals surface area (Å²) in [5.41, 5.74) is -2.39. The number of carboxylic acids is 1. The molecule has 0 spiro atoms. The quantitative estimate of drug-likeness (QED) is 0.681. The van der Waals surface area contributed by atoms with E-state index in [1.54, 1.807) is 6.07 Å². The number of amides is 1. The predicted molar refractivity (Wildman–Crippen MR) is 90.5 cm³/mol. The van der Waals surface area contributed by atoms with Crippen molar-refractivity contribution in [1.29, 1.82) is 0 Å². The molecule has 28 heavy (non-hydrogen) atoms. The van der Waals surface area contributed by atoms with Crippen LogP contribution in [0.2, 0.25) is 5.02 Å². The second-order valence-electron chi connectivity index (χ2n) is 5.29. The molecule has 0 atom stereocenters. The molecule has 0 fully saturated rings. The monoisotopic (exact) mass is 411 g/mol. The van der Waals surface area contributed by atoms with Crippen molar-refractivity contribution in [3.8, 4) is 5.69 Å². The summed E-state index contributed by atoms with van der Waals surface area (Å²) in [6, 6.07) is 6.37. The Hall–Kier alpha value is -3.47. The molecule has 0 saturated heterocycles. The molecule has 2 heterocycles. The van der Waals surface area contributed by atoms with Crippen LogP contribution in [0, 0.1) is 0 Å². The van der Waals surface area contributed by atoms with Crippen LogP contribution >= 0.6 is 11.6 Å². The molecule has 0 aliphatic carbocycles. The fraction of sp³-hybridized carbons (Fsp3) is 0.0625. The third-order valence-electron chi connectivity index (χ3n) is 3.45. The van der Waals surface area contributed by atoms with Gasteiger partial charge < -0.3 is 10.4 Å². The fourth-order valence-electron chi connectivity index (χ4n) is 2.25. The van der Waals surface area contributed by atoms with Crippen molar-refractivity contribution in [2.24, 2.45) is 0 Å². The number of aromatic carboxylic acids is 1. The number of nitrogens with one attached hydrogen (secondary N) is 1. The Labute approximate surface area is 159 Å². The molecule has 144 valence electrons. The first-order valence-corrected chi connectivity index (χ1v) is 7.84. The minimum atomic E-state index is -4.82. The van der Waals surface area contributed by atoms with Crippen LogP contribution in [0.4, 0.5) is 19.0 Å². The van der Waals surface area contributed by atoms with E-state index in [4.69, 9.17) is 16.7 Å². The van der Waals surface area contributed by atoms with Crippen LogP contribution in [-0.4, -0.2) is 36.7 Å². The van der Waals surface area contributed by atoms with Gasteiger partial charge in [0.2, 0.25) is 0 Å². The maximum atomic E-state index is 13.1. The number of halogens is 4. The molecule has 0 bridgehead atoms. The molecule has 0 radical (unpaired) electrons. The highest BCUT2D eigenvalue weighted by molar-refractivity contribution is 6.32. The standard InChI is InChI=1S/C16H9ClF3N5O3/c17-8-3-1-2-4-9(8)25-10(7-11(24-25)16(18,19)20)14(26)23-13-12(15(27)28)21-5-6-22-13/h1-7H,(H,27,28)(H,22,23,26). The van der Waals surface area contributed by atoms with Gasteiger partial charge in [-0.1, -0.05) is 23.7 Å². The summed E-state index contributed by atoms with van der Waals surface area (Å²) in [7, 11) is 0. The first-order valence-electron chi connectivity index (χ1n) is 7.46. The van der Waals surface area contributed by atoms with Crippen LogP contribution in [0.3, 0.4) is 0 Å². The van der Waals surface area contributed by atoms with Gasteiger partial charge >= 0.3 is 12.1 Å². The number of aromatic nitrogens is 4. The highest BCUT2D eigenvalue weighted by atomic mass is 35.5. The summed E-state index contributed by atoms with van der Waals surface area (Å²) in [6.07, 6.45) is -2.61. The maximum absolute atomic E-state index is 13.1. The molecule has 0 unspecified atom stereocenters. The molecular formula is C16H9ClF3N5O3. The van der Waals surface area contributed by atoms with Gasteiger partial charge in [0.1, 0.15) is 5.69 Å². The average molecular weight is 412 g/mol. The molecule has 0 saturated carbocycles. The summed E-state index contributed by atoms with van der Waals surface area (Å²) in [4.78, 5) is 31.0. The van der Waals surface area contributed by atoms with Gasteiger partial charge in [-0.25, -0.2) is 19.4 Å². The van der Waals surface area contributed by atoms with E-state index < -0.39 is 41.0 Å². The lowest BCUT2D eigenvalue weighted by atomic mass is 10.3. The molecule has 3 rings (SSSR count). The van der Waals surface area contributed by atoms with Crippen molar-refractivity contribution in [2.75, 3.05) is 5.32 Å². The van der Waals surface area contributed by atoms with Crippen molar-refractivity contribution >= 4 is 29.3 Å². The molecule has 1 aromatic carbocycles. The van der Waals surface area contributed by atoms with Crippen molar-refractivity contribution in [2.45, 2.75) is 6.18 Å². The molecular weight excluding hydrogens is 403 g/mol. The Morgan fingerprint density at radius 2 is 1.82 bits per heavy atom. The topological polar surface area (TPSA) is 110 Å². The molecule has 0 aliphatic heterocycles. The van der Waals surface area contributed by atoms with Crippen molar-refractivity contribution in [3.63, 3.8) is 0 Å². The van der Waals surface area contributed by atoms with Gasteiger partial charge in [0, 0.05) is 18.5 Å². The zero-order chi connectivity index (χ0) is 20.5. The Bertz CT molecular complexity index is 1070. The minimum Gasteiger partial charge on any atom is -0.476 e. The second-order valence-corrected chi connectivity index (χ2v) is 5.70. The number of para-hydroxylation sites is 1. The Morgan fingerprint density at radius 1 is 1.14 bits per heavy atom. The molecule has 1 amide bonds. The molecule has 2 N–H and O–H groups in total. The van der Waals surface area contributed by atoms with Gasteiger partial charge in [-0.3, -0.25) is 4.79 Å². The maximum Gasteiger partial charge on any atom is 0.435 e. The number of hydrogen-bond donors (Lipinski definition) is 2. The van der Waals surface area contributed by atoms with Crippen LogP contribution in [-0.2, 0) is 6.18 Å². The number of benzene rings is 1. The first-order chi connectivity index (χ1) is 13.2. The average Bonchev–Trinajstić information content (AvgIpc) is 3.08. The lowest BCUT2D eigenvalue weighted by molar-refractivity contribution is -0.141. The Balaban J connectivity index is 2.08. The highest BCUT2D eigenvalue weighted by Crippen LogP contribution is 2.31. The van der Waals surface area contributed by atoms with E-state index in [0.717, 1.165) is 17.1 Å². The van der Waals surface area contributed by atoms with Crippen LogP contribution in [0.15, 0.2) is 42.7 Å². The zero-order valence-electron chi connectivity index (χ0n) is 13.6. The Morgan fingerprint density at radius 3 is 2.46 bits per heavy atom. The second kappa shape index (κ2) is 7.27. The van der Waals surface area contributed by atoms with E-state index >= 15 is 0 Å². The third-order valence-corrected chi connectivity index (χ3v) is 3.77. The first kappa shape index (κ1) is 19.3. The molecule has 3 aromatic rings. The van der Waals surface area contributed by atoms with Gasteiger partial charge in [0.15, 0.2) is 17.2 Å². The van der Waals surface area contributed by atoms with Crippen molar-refractivity contribution in [3.05, 3.63) is 64.8 Å². The summed E-state index contributed by atoms with van der Waals surface area (Å²) >= 11 is 6.01. The summed E-state index contributed by atoms with van der Waals surface area (Å²) in [5.74, 6) is -2.98. The van der Waals surface area contributed by atoms with Crippen LogP contribution in [0.25, 0.3) is 5.69 Å². The van der Waals surface area contributed by atoms with E-state index in [2.05, 4.69) is 20.4 Å². The summed E-state index contributed by atoms with van der Waals surface area (Å²) in [5, 5.41) is 14.7. The van der Waals surface area contributed by atoms with Crippen LogP contribution in [0.1, 0.15) is 26.7 Å². The summed E-state index contributed by atoms with van der Waals surface area (Å²) < 4.78 is 40.1. The van der Waals surface area contributed by atoms with Crippen LogP contribution < -0.4 is 5.32 Å². The SMILES string of the molecule is O=C(O)c1nccnc1NC(=O)c1cc(C(F)(F)F)nn1-c1ccccc1Cl. The zero-order valence-corrected chi connectivity index (χ0v) is 14.4. The molecule has 2 aromatic heterocycles. The number of hydrogen-bond acceptors (Lipinski definition) is 5. The van der Waals surface area contributed by atoms with Crippen molar-refractivity contribution in [1.82, 2.24) is 19.7 Å². The lowest BCUT2D eigenvalue weighted by Gasteiger charge is -2.10. The largest absolute Gasteiger partial charge is 0.476 e. The van der Waals surface area contributed by atoms with E-state index in [9.17, 15) is 22.8 Å². The van der Waals surface area contributed by atoms with Gasteiger partial charge in [0.25, 0.3) is 5.91 Å². The molecule has 0 aliphatic rings. The summed E-state index contributed by atoms with van der Waals surface area (Å²) in [6.45, 7) is 0. The lowest BCUT2D eigenvalue weighted by Crippen LogP contribution is -2.20. The van der Waals surface area contributed by atoms with Gasteiger partial charge in [-0.05, 0) is 12.1 Å². The van der Waals surface area contributed by atoms with E-state index in [0.29, 0.717) is 6.07 Å². The molecule has 12 heteroatoms. The smallest absolute Gasteiger partial charge is 0.435 e. The number of carbonyl (C=O) groups excluding carboxylic acids is 1. The van der Waals surface area contributed by atoms with E-state index in [1.165, 1.54) is 18.2 Å². The van der Waals surface area contributed by atoms with Crippen LogP contribution in [0.5, 0.6) is 0 Å². The number of rotatable bonds is 4. The normalized spacial score (nSPS) is 11.3. The fourth-order valence-corrected chi connectivity index (χ4v) is 2.46. The van der Waals surface area contributed by atoms with Gasteiger partial charge in [-0.15, -0.1) is 0 Å². The number of carbonyl (C=O) groups is 2. The third kappa shape index (κ3) is 3.78. The number of carboxylic acid groups (broad SMARTS) is 1. The number of anilines is 1.